The van der Waals surface area contributed by atoms with Crippen LogP contribution in [0.25, 0.3) is 0 Å². The molecule has 3 fully saturated rings. The molecule has 4 rings (SSSR count). The molecule has 3 heterocycles. The number of aromatic nitrogens is 1. The number of nitrogens with one attached hydrogen (secondary N) is 1. The lowest BCUT2D eigenvalue weighted by molar-refractivity contribution is -0.126. The van der Waals surface area contributed by atoms with Crippen LogP contribution in [0.5, 0.6) is 0 Å². The van der Waals surface area contributed by atoms with Crippen LogP contribution in [0.2, 0.25) is 0 Å². The Morgan fingerprint density at radius 1 is 1.20 bits per heavy atom. The molecule has 7 nitrogen and oxygen atoms in total. The summed E-state index contributed by atoms with van der Waals surface area (Å²) in [5.41, 5.74) is 1.33. The SMILES string of the molecule is Cc1ccc(C(=O)N2CCC3(CC2)CC(N(C(=O)NC(C)C)C2CC2)CCO3)cn1. The third-order valence-electron chi connectivity index (χ3n) is 6.57. The first-order valence-corrected chi connectivity index (χ1v) is 11.3. The van der Waals surface area contributed by atoms with E-state index in [0.29, 0.717) is 31.3 Å². The van der Waals surface area contributed by atoms with Crippen LogP contribution < -0.4 is 5.32 Å². The highest BCUT2D eigenvalue weighted by atomic mass is 16.5. The summed E-state index contributed by atoms with van der Waals surface area (Å²) in [5.74, 6) is 0.0422. The van der Waals surface area contributed by atoms with E-state index in [4.69, 9.17) is 4.74 Å². The van der Waals surface area contributed by atoms with Crippen LogP contribution in [0.4, 0.5) is 4.79 Å². The van der Waals surface area contributed by atoms with Crippen molar-refractivity contribution < 1.29 is 14.3 Å². The Kier molecular flexibility index (Phi) is 6.00. The topological polar surface area (TPSA) is 74.8 Å². The maximum Gasteiger partial charge on any atom is 0.318 e. The summed E-state index contributed by atoms with van der Waals surface area (Å²) in [6, 6.07) is 4.52. The van der Waals surface area contributed by atoms with Crippen LogP contribution >= 0.6 is 0 Å². The molecule has 7 heteroatoms. The van der Waals surface area contributed by atoms with Gasteiger partial charge in [0, 0.05) is 49.7 Å². The second kappa shape index (κ2) is 8.53. The predicted octanol–water partition coefficient (Wildman–Crippen LogP) is 3.13. The van der Waals surface area contributed by atoms with E-state index < -0.39 is 0 Å². The minimum Gasteiger partial charge on any atom is -0.375 e. The van der Waals surface area contributed by atoms with E-state index in [-0.39, 0.29) is 29.6 Å². The molecule has 2 aliphatic heterocycles. The van der Waals surface area contributed by atoms with E-state index in [1.807, 2.05) is 37.8 Å². The number of urea groups is 1. The molecule has 1 aromatic heterocycles. The summed E-state index contributed by atoms with van der Waals surface area (Å²) >= 11 is 0. The van der Waals surface area contributed by atoms with Gasteiger partial charge in [-0.3, -0.25) is 9.78 Å². The number of aryl methyl sites for hydroxylation is 1. The van der Waals surface area contributed by atoms with E-state index in [1.54, 1.807) is 6.20 Å². The number of hydrogen-bond acceptors (Lipinski definition) is 4. The van der Waals surface area contributed by atoms with Crippen molar-refractivity contribution >= 4 is 11.9 Å². The van der Waals surface area contributed by atoms with Gasteiger partial charge in [-0.15, -0.1) is 0 Å². The predicted molar refractivity (Wildman–Crippen MR) is 114 cm³/mol. The number of ether oxygens (including phenoxy) is 1. The van der Waals surface area contributed by atoms with Crippen molar-refractivity contribution in [3.8, 4) is 0 Å². The third kappa shape index (κ3) is 4.61. The molecule has 164 valence electrons. The number of carbonyl (C=O) groups excluding carboxylic acids is 2. The number of piperidine rings is 1. The number of likely N-dealkylation sites (tertiary alicyclic amines) is 1. The third-order valence-corrected chi connectivity index (χ3v) is 6.57. The van der Waals surface area contributed by atoms with Crippen LogP contribution in [-0.4, -0.2) is 70.1 Å². The Morgan fingerprint density at radius 3 is 2.53 bits per heavy atom. The number of amides is 3. The zero-order valence-electron chi connectivity index (χ0n) is 18.4. The standard InChI is InChI=1S/C23H34N4O3/c1-16(2)25-22(29)27(19-6-7-19)20-8-13-30-23(14-20)9-11-26(12-10-23)21(28)18-5-4-17(3)24-15-18/h4-5,15-16,19-20H,6-14H2,1-3H3,(H,25,29). The molecule has 1 aliphatic carbocycles. The highest BCUT2D eigenvalue weighted by Gasteiger charge is 2.46. The minimum absolute atomic E-state index is 0.0422. The lowest BCUT2D eigenvalue weighted by Gasteiger charge is -2.48. The summed E-state index contributed by atoms with van der Waals surface area (Å²) in [4.78, 5) is 33.9. The maximum atomic E-state index is 12.8. The Hall–Kier alpha value is -2.15. The lowest BCUT2D eigenvalue weighted by Crippen LogP contribution is -2.57. The van der Waals surface area contributed by atoms with Gasteiger partial charge in [0.15, 0.2) is 0 Å². The van der Waals surface area contributed by atoms with Crippen molar-refractivity contribution in [1.82, 2.24) is 20.1 Å². The molecule has 1 N–H and O–H groups in total. The van der Waals surface area contributed by atoms with Gasteiger partial charge in [-0.25, -0.2) is 4.79 Å². The molecule has 30 heavy (non-hydrogen) atoms. The molecule has 1 unspecified atom stereocenters. The number of rotatable bonds is 4. The zero-order chi connectivity index (χ0) is 21.3. The van der Waals surface area contributed by atoms with Gasteiger partial charge in [0.25, 0.3) is 5.91 Å². The largest absolute Gasteiger partial charge is 0.375 e. The Morgan fingerprint density at radius 2 is 1.93 bits per heavy atom. The Bertz CT molecular complexity index is 767. The molecule has 3 aliphatic rings. The van der Waals surface area contributed by atoms with E-state index in [0.717, 1.165) is 44.2 Å². The van der Waals surface area contributed by atoms with E-state index in [9.17, 15) is 9.59 Å². The van der Waals surface area contributed by atoms with Gasteiger partial charge in [0.05, 0.1) is 11.2 Å². The number of pyridine rings is 1. The quantitative estimate of drug-likeness (QED) is 0.821. The van der Waals surface area contributed by atoms with Crippen LogP contribution in [0.3, 0.4) is 0 Å². The fourth-order valence-corrected chi connectivity index (χ4v) is 4.79. The normalized spacial score (nSPS) is 23.5. The zero-order valence-corrected chi connectivity index (χ0v) is 18.4. The molecule has 0 bridgehead atoms. The van der Waals surface area contributed by atoms with Crippen molar-refractivity contribution in [2.24, 2.45) is 0 Å². The molecule has 2 saturated heterocycles. The summed E-state index contributed by atoms with van der Waals surface area (Å²) in [6.45, 7) is 7.97. The van der Waals surface area contributed by atoms with Crippen LogP contribution in [-0.2, 0) is 4.74 Å². The molecular formula is C23H34N4O3. The average Bonchev–Trinajstić information content (AvgIpc) is 3.53. The van der Waals surface area contributed by atoms with Gasteiger partial charge in [0.2, 0.25) is 0 Å². The van der Waals surface area contributed by atoms with Crippen molar-refractivity contribution in [3.63, 3.8) is 0 Å². The first kappa shape index (κ1) is 21.1. The van der Waals surface area contributed by atoms with Crippen molar-refractivity contribution in [3.05, 3.63) is 29.6 Å². The van der Waals surface area contributed by atoms with E-state index >= 15 is 0 Å². The second-order valence-electron chi connectivity index (χ2n) is 9.40. The molecular weight excluding hydrogens is 380 g/mol. The summed E-state index contributed by atoms with van der Waals surface area (Å²) in [5, 5.41) is 3.08. The highest BCUT2D eigenvalue weighted by molar-refractivity contribution is 5.94. The monoisotopic (exact) mass is 414 g/mol. The number of hydrogen-bond donors (Lipinski definition) is 1. The molecule has 3 amide bonds. The fourth-order valence-electron chi connectivity index (χ4n) is 4.79. The highest BCUT2D eigenvalue weighted by Crippen LogP contribution is 2.40. The molecule has 0 aromatic carbocycles. The number of carbonyl (C=O) groups is 2. The first-order valence-electron chi connectivity index (χ1n) is 11.3. The van der Waals surface area contributed by atoms with Crippen molar-refractivity contribution in [2.45, 2.75) is 83.0 Å². The van der Waals surface area contributed by atoms with Crippen molar-refractivity contribution in [2.75, 3.05) is 19.7 Å². The van der Waals surface area contributed by atoms with Gasteiger partial charge in [-0.05, 0) is 71.4 Å². The number of nitrogens with zero attached hydrogens (tertiary/aromatic N) is 3. The summed E-state index contributed by atoms with van der Waals surface area (Å²) in [6.07, 6.45) is 7.25. The fraction of sp³-hybridized carbons (Fsp3) is 0.696. The lowest BCUT2D eigenvalue weighted by atomic mass is 9.81. The smallest absolute Gasteiger partial charge is 0.318 e. The van der Waals surface area contributed by atoms with Gasteiger partial charge in [-0.1, -0.05) is 0 Å². The van der Waals surface area contributed by atoms with Gasteiger partial charge >= 0.3 is 6.03 Å². The molecule has 1 saturated carbocycles. The molecule has 1 spiro atoms. The first-order chi connectivity index (χ1) is 14.4. The molecule has 0 radical (unpaired) electrons. The summed E-state index contributed by atoms with van der Waals surface area (Å²) < 4.78 is 6.29. The maximum absolute atomic E-state index is 12.8. The van der Waals surface area contributed by atoms with E-state index in [1.165, 1.54) is 0 Å². The summed E-state index contributed by atoms with van der Waals surface area (Å²) in [7, 11) is 0. The molecule has 1 aromatic rings. The van der Waals surface area contributed by atoms with Gasteiger partial charge in [-0.2, -0.15) is 0 Å². The van der Waals surface area contributed by atoms with E-state index in [2.05, 4.69) is 15.2 Å². The average molecular weight is 415 g/mol. The van der Waals surface area contributed by atoms with Gasteiger partial charge < -0.3 is 19.9 Å². The van der Waals surface area contributed by atoms with Crippen LogP contribution in [0.15, 0.2) is 18.3 Å². The molecule has 1 atom stereocenters. The van der Waals surface area contributed by atoms with Crippen LogP contribution in [0, 0.1) is 6.92 Å². The second-order valence-corrected chi connectivity index (χ2v) is 9.40. The Labute approximate surface area is 179 Å². The minimum atomic E-state index is -0.226. The Balaban J connectivity index is 1.39. The van der Waals surface area contributed by atoms with Gasteiger partial charge in [0.1, 0.15) is 0 Å². The van der Waals surface area contributed by atoms with Crippen LogP contribution in [0.1, 0.15) is 68.4 Å². The van der Waals surface area contributed by atoms with Crippen molar-refractivity contribution in [1.29, 1.82) is 0 Å².